The minimum atomic E-state index is -4.76. The van der Waals surface area contributed by atoms with Crippen LogP contribution < -0.4 is 0 Å². The van der Waals surface area contributed by atoms with E-state index in [1.807, 2.05) is 0 Å². The molecule has 5 aromatic rings. The Balaban J connectivity index is 1.28. The molecule has 6 rings (SSSR count). The van der Waals surface area contributed by atoms with Crippen LogP contribution in [0.3, 0.4) is 0 Å². The largest absolute Gasteiger partial charge is 0.444 e. The fourth-order valence-corrected chi connectivity index (χ4v) is 5.89. The highest BCUT2D eigenvalue weighted by Crippen LogP contribution is 2.38. The van der Waals surface area contributed by atoms with Crippen molar-refractivity contribution in [3.8, 4) is 23.1 Å². The fourth-order valence-electron chi connectivity index (χ4n) is 5.89. The number of fused-ring (bicyclic) bond motifs is 1. The molecule has 2 heterocycles. The summed E-state index contributed by atoms with van der Waals surface area (Å²) in [4.78, 5) is 29.0. The Kier molecular flexibility index (Phi) is 9.77. The van der Waals surface area contributed by atoms with Crippen molar-refractivity contribution in [1.29, 1.82) is 0 Å². The maximum atomic E-state index is 14.7. The Morgan fingerprint density at radius 3 is 2.02 bits per heavy atom. The van der Waals surface area contributed by atoms with E-state index in [-0.39, 0.29) is 17.0 Å². The zero-order valence-corrected chi connectivity index (χ0v) is 28.3. The Morgan fingerprint density at radius 1 is 0.788 bits per heavy atom. The monoisotopic (exact) mass is 718 g/mol. The number of nitrogens with zero attached hydrogens (tertiary/aromatic N) is 4. The lowest BCUT2D eigenvalue weighted by atomic mass is 10.0. The standard InChI is InChI=1S/C39H32F6N4O3/c1-38(2,3)52-37(51)48-17-15-47(16-18-48)36(50)27-10-5-8-25(20-27)14-13-24-7-4-9-26(19-24)35-29-11-6-12-31(39(43,44)45)34(29)46-49(35)23-30-32(41)21-28(40)22-33(30)42/h4-12,19-22H,15-18,23H2,1-3H3. The summed E-state index contributed by atoms with van der Waals surface area (Å²) >= 11 is 0. The van der Waals surface area contributed by atoms with Gasteiger partial charge in [0.05, 0.1) is 17.8 Å². The molecule has 52 heavy (non-hydrogen) atoms. The lowest BCUT2D eigenvalue weighted by Crippen LogP contribution is -2.51. The molecule has 13 heteroatoms. The number of hydrogen-bond donors (Lipinski definition) is 0. The molecule has 0 atom stereocenters. The number of benzene rings is 4. The van der Waals surface area contributed by atoms with Crippen LogP contribution in [0.1, 0.15) is 53.4 Å². The highest BCUT2D eigenvalue weighted by atomic mass is 19.4. The number of hydrogen-bond acceptors (Lipinski definition) is 4. The molecule has 1 aliphatic rings. The van der Waals surface area contributed by atoms with Crippen LogP contribution in [0.4, 0.5) is 31.1 Å². The summed E-state index contributed by atoms with van der Waals surface area (Å²) in [5.41, 5.74) is -0.745. The summed E-state index contributed by atoms with van der Waals surface area (Å²) in [5.74, 6) is 2.27. The van der Waals surface area contributed by atoms with Crippen molar-refractivity contribution in [2.24, 2.45) is 0 Å². The number of alkyl halides is 3. The molecule has 1 saturated heterocycles. The first kappa shape index (κ1) is 36.0. The van der Waals surface area contributed by atoms with Crippen LogP contribution in [0.2, 0.25) is 0 Å². The van der Waals surface area contributed by atoms with Crippen molar-refractivity contribution < 1.29 is 40.7 Å². The van der Waals surface area contributed by atoms with Crippen LogP contribution in [0.5, 0.6) is 0 Å². The van der Waals surface area contributed by atoms with E-state index in [4.69, 9.17) is 4.74 Å². The summed E-state index contributed by atoms with van der Waals surface area (Å²) in [6, 6.07) is 17.8. The lowest BCUT2D eigenvalue weighted by Gasteiger charge is -2.35. The normalized spacial score (nSPS) is 13.6. The van der Waals surface area contributed by atoms with Crippen LogP contribution in [-0.4, -0.2) is 63.4 Å². The van der Waals surface area contributed by atoms with Gasteiger partial charge in [0.1, 0.15) is 28.6 Å². The number of amides is 2. The highest BCUT2D eigenvalue weighted by molar-refractivity contribution is 5.96. The second kappa shape index (κ2) is 14.1. The van der Waals surface area contributed by atoms with Gasteiger partial charge in [0.2, 0.25) is 0 Å². The summed E-state index contributed by atoms with van der Waals surface area (Å²) in [7, 11) is 0. The Labute approximate surface area is 295 Å². The lowest BCUT2D eigenvalue weighted by molar-refractivity contribution is -0.136. The van der Waals surface area contributed by atoms with Gasteiger partial charge in [-0.1, -0.05) is 42.2 Å². The Morgan fingerprint density at radius 2 is 1.38 bits per heavy atom. The van der Waals surface area contributed by atoms with E-state index in [1.54, 1.807) is 79.1 Å². The van der Waals surface area contributed by atoms with Crippen molar-refractivity contribution in [3.63, 3.8) is 0 Å². The number of piperazine rings is 1. The van der Waals surface area contributed by atoms with Gasteiger partial charge in [-0.3, -0.25) is 9.48 Å². The van der Waals surface area contributed by atoms with Crippen molar-refractivity contribution in [2.45, 2.75) is 39.1 Å². The predicted octanol–water partition coefficient (Wildman–Crippen LogP) is 8.28. The summed E-state index contributed by atoms with van der Waals surface area (Å²) in [6.07, 6.45) is -5.19. The van der Waals surface area contributed by atoms with E-state index in [0.717, 1.165) is 10.7 Å². The van der Waals surface area contributed by atoms with E-state index in [9.17, 15) is 35.9 Å². The van der Waals surface area contributed by atoms with Crippen LogP contribution in [0, 0.1) is 29.3 Å². The topological polar surface area (TPSA) is 67.7 Å². The van der Waals surface area contributed by atoms with Gasteiger partial charge in [-0.15, -0.1) is 0 Å². The molecule has 0 unspecified atom stereocenters. The van der Waals surface area contributed by atoms with Crippen LogP contribution >= 0.6 is 0 Å². The first-order chi connectivity index (χ1) is 24.6. The van der Waals surface area contributed by atoms with Crippen LogP contribution in [0.25, 0.3) is 22.2 Å². The van der Waals surface area contributed by atoms with E-state index >= 15 is 0 Å². The van der Waals surface area contributed by atoms with Crippen LogP contribution in [-0.2, 0) is 17.5 Å². The van der Waals surface area contributed by atoms with E-state index < -0.39 is 58.5 Å². The van der Waals surface area contributed by atoms with E-state index in [0.29, 0.717) is 60.6 Å². The fraction of sp³-hybridized carbons (Fsp3) is 0.256. The van der Waals surface area contributed by atoms with Crippen molar-refractivity contribution in [2.75, 3.05) is 26.2 Å². The molecule has 1 fully saturated rings. The first-order valence-corrected chi connectivity index (χ1v) is 16.3. The second-order valence-corrected chi connectivity index (χ2v) is 13.2. The molecular weight excluding hydrogens is 686 g/mol. The maximum absolute atomic E-state index is 14.7. The van der Waals surface area contributed by atoms with Crippen LogP contribution in [0.15, 0.2) is 78.9 Å². The molecule has 0 radical (unpaired) electrons. The summed E-state index contributed by atoms with van der Waals surface area (Å²) < 4.78 is 91.5. The smallest absolute Gasteiger partial charge is 0.418 e. The van der Waals surface area contributed by atoms with Crippen molar-refractivity contribution in [3.05, 3.63) is 124 Å². The molecule has 2 amide bonds. The SMILES string of the molecule is CC(C)(C)OC(=O)N1CCN(C(=O)c2cccc(C#Cc3cccc(-c4c5cccc(C(F)(F)F)c5nn4Cc4c(F)cc(F)cc4F)c3)c2)CC1. The van der Waals surface area contributed by atoms with E-state index in [2.05, 4.69) is 16.9 Å². The van der Waals surface area contributed by atoms with Gasteiger partial charge >= 0.3 is 12.3 Å². The Bertz CT molecular complexity index is 2220. The summed E-state index contributed by atoms with van der Waals surface area (Å²) in [5, 5.41) is 4.23. The maximum Gasteiger partial charge on any atom is 0.418 e. The van der Waals surface area contributed by atoms with Gasteiger partial charge in [0.15, 0.2) is 0 Å². The number of carbonyl (C=O) groups is 2. The van der Waals surface area contributed by atoms with Gasteiger partial charge in [-0.25, -0.2) is 18.0 Å². The quantitative estimate of drug-likeness (QED) is 0.139. The Hall–Kier alpha value is -5.77. The van der Waals surface area contributed by atoms with Gasteiger partial charge in [-0.05, 0) is 57.2 Å². The highest BCUT2D eigenvalue weighted by Gasteiger charge is 2.35. The number of aromatic nitrogens is 2. The third-order valence-electron chi connectivity index (χ3n) is 8.30. The zero-order chi connectivity index (χ0) is 37.4. The number of carbonyl (C=O) groups excluding carboxylic acids is 2. The van der Waals surface area contributed by atoms with E-state index in [1.165, 1.54) is 12.1 Å². The molecule has 0 bridgehead atoms. The molecular formula is C39H32F6N4O3. The molecule has 4 aromatic carbocycles. The molecule has 1 aliphatic heterocycles. The molecule has 0 aliphatic carbocycles. The van der Waals surface area contributed by atoms with Gasteiger partial charge in [-0.2, -0.15) is 18.3 Å². The zero-order valence-electron chi connectivity index (χ0n) is 28.3. The van der Waals surface area contributed by atoms with Crippen molar-refractivity contribution in [1.82, 2.24) is 19.6 Å². The average Bonchev–Trinajstić information content (AvgIpc) is 3.46. The predicted molar refractivity (Wildman–Crippen MR) is 182 cm³/mol. The molecule has 0 N–H and O–H groups in total. The minimum absolute atomic E-state index is 0.0843. The third kappa shape index (κ3) is 7.91. The average molecular weight is 719 g/mol. The minimum Gasteiger partial charge on any atom is -0.444 e. The molecule has 0 saturated carbocycles. The second-order valence-electron chi connectivity index (χ2n) is 13.2. The molecule has 1 aromatic heterocycles. The number of rotatable bonds is 4. The molecule has 0 spiro atoms. The number of halogens is 6. The van der Waals surface area contributed by atoms with Crippen molar-refractivity contribution >= 4 is 22.9 Å². The molecule has 268 valence electrons. The first-order valence-electron chi connectivity index (χ1n) is 16.3. The molecule has 7 nitrogen and oxygen atoms in total. The number of ether oxygens (including phenoxy) is 1. The van der Waals surface area contributed by atoms with Gasteiger partial charge in [0, 0.05) is 71.5 Å². The third-order valence-corrected chi connectivity index (χ3v) is 8.30. The van der Waals surface area contributed by atoms with Gasteiger partial charge < -0.3 is 14.5 Å². The van der Waals surface area contributed by atoms with Gasteiger partial charge in [0.25, 0.3) is 5.91 Å². The summed E-state index contributed by atoms with van der Waals surface area (Å²) in [6.45, 7) is 6.06.